The Labute approximate surface area is 240 Å². The molecule has 0 N–H and O–H groups in total. The van der Waals surface area contributed by atoms with Crippen molar-refractivity contribution in [2.75, 3.05) is 12.0 Å². The predicted octanol–water partition coefficient (Wildman–Crippen LogP) is 5.40. The summed E-state index contributed by atoms with van der Waals surface area (Å²) < 4.78 is 40.2. The van der Waals surface area contributed by atoms with Crippen LogP contribution in [0.3, 0.4) is 0 Å². The summed E-state index contributed by atoms with van der Waals surface area (Å²) in [6.45, 7) is 1.82. The summed E-state index contributed by atoms with van der Waals surface area (Å²) in [4.78, 5) is 32.6. The molecule has 6 rings (SSSR count). The van der Waals surface area contributed by atoms with Crippen molar-refractivity contribution in [2.24, 2.45) is 0 Å². The Hall–Kier alpha value is -4.32. The molecule has 9 nitrogen and oxygen atoms in total. The van der Waals surface area contributed by atoms with Crippen LogP contribution in [-0.2, 0) is 26.2 Å². The number of imide groups is 1. The molecule has 1 unspecified atom stereocenters. The molecule has 208 valence electrons. The molecule has 2 aromatic heterocycles. The maximum absolute atomic E-state index is 13.8. The number of ether oxygens (including phenoxy) is 1. The first kappa shape index (κ1) is 26.9. The maximum atomic E-state index is 13.8. The van der Waals surface area contributed by atoms with Crippen LogP contribution in [0.1, 0.15) is 17.7 Å². The molecule has 1 aliphatic heterocycles. The number of methoxy groups -OCH3 is 1. The standard InChI is InChI=1S/C30H25N3O6S2/c1-19-5-14-25-27(16-19)40-29(31-25)20-6-8-21(9-7-20)33-28(34)17-26(30(33)35)32(18-23-4-3-15-39-23)41(36,37)24-12-10-22(38-2)11-13-24/h3-16,26H,17-18H2,1-2H3. The number of hydrogen-bond donors (Lipinski definition) is 0. The van der Waals surface area contributed by atoms with Crippen molar-refractivity contribution in [2.45, 2.75) is 30.8 Å². The van der Waals surface area contributed by atoms with E-state index in [1.807, 2.05) is 31.2 Å². The number of furan rings is 1. The number of benzene rings is 3. The fourth-order valence-corrected chi connectivity index (χ4v) is 7.44. The average Bonchev–Trinajstić information content (AvgIpc) is 3.71. The van der Waals surface area contributed by atoms with Gasteiger partial charge in [-0.25, -0.2) is 18.3 Å². The van der Waals surface area contributed by atoms with Crippen molar-refractivity contribution in [3.8, 4) is 16.3 Å². The quantitative estimate of drug-likeness (QED) is 0.224. The molecule has 41 heavy (non-hydrogen) atoms. The summed E-state index contributed by atoms with van der Waals surface area (Å²) in [5, 5.41) is 0.823. The minimum Gasteiger partial charge on any atom is -0.497 e. The zero-order chi connectivity index (χ0) is 28.7. The number of sulfonamides is 1. The van der Waals surface area contributed by atoms with E-state index in [0.717, 1.165) is 35.6 Å². The van der Waals surface area contributed by atoms with Crippen LogP contribution < -0.4 is 9.64 Å². The average molecular weight is 588 g/mol. The Morgan fingerprint density at radius 2 is 1.80 bits per heavy atom. The Bertz CT molecular complexity index is 1850. The van der Waals surface area contributed by atoms with Gasteiger partial charge in [0.1, 0.15) is 22.6 Å². The van der Waals surface area contributed by atoms with Crippen LogP contribution in [0.5, 0.6) is 5.75 Å². The van der Waals surface area contributed by atoms with Gasteiger partial charge in [-0.05, 0) is 85.3 Å². The number of anilines is 1. The van der Waals surface area contributed by atoms with Crippen LogP contribution in [0, 0.1) is 6.92 Å². The first-order valence-electron chi connectivity index (χ1n) is 12.8. The minimum absolute atomic E-state index is 0.0288. The van der Waals surface area contributed by atoms with Crippen molar-refractivity contribution in [1.29, 1.82) is 0 Å². The van der Waals surface area contributed by atoms with Crippen molar-refractivity contribution in [1.82, 2.24) is 9.29 Å². The number of hydrogen-bond acceptors (Lipinski definition) is 8. The smallest absolute Gasteiger partial charge is 0.252 e. The first-order chi connectivity index (χ1) is 19.7. The summed E-state index contributed by atoms with van der Waals surface area (Å²) in [5.41, 5.74) is 3.27. The van der Waals surface area contributed by atoms with E-state index in [-0.39, 0.29) is 17.9 Å². The molecule has 3 heterocycles. The fraction of sp³-hybridized carbons (Fsp3) is 0.167. The molecule has 5 aromatic rings. The van der Waals surface area contributed by atoms with Gasteiger partial charge in [-0.3, -0.25) is 9.59 Å². The first-order valence-corrected chi connectivity index (χ1v) is 15.0. The van der Waals surface area contributed by atoms with Gasteiger partial charge in [-0.15, -0.1) is 11.3 Å². The summed E-state index contributed by atoms with van der Waals surface area (Å²) in [7, 11) is -2.71. The topological polar surface area (TPSA) is 110 Å². The predicted molar refractivity (Wildman–Crippen MR) is 155 cm³/mol. The third-order valence-electron chi connectivity index (χ3n) is 6.94. The number of carbonyl (C=O) groups excluding carboxylic acids is 2. The number of aryl methyl sites for hydroxylation is 1. The molecular weight excluding hydrogens is 562 g/mol. The summed E-state index contributed by atoms with van der Waals surface area (Å²) in [6.07, 6.45) is 1.13. The molecule has 0 spiro atoms. The van der Waals surface area contributed by atoms with Gasteiger partial charge in [0, 0.05) is 5.56 Å². The monoisotopic (exact) mass is 587 g/mol. The van der Waals surface area contributed by atoms with E-state index in [1.54, 1.807) is 35.6 Å². The minimum atomic E-state index is -4.20. The Morgan fingerprint density at radius 3 is 2.49 bits per heavy atom. The van der Waals surface area contributed by atoms with Gasteiger partial charge in [0.2, 0.25) is 15.9 Å². The second kappa shape index (κ2) is 10.6. The third-order valence-corrected chi connectivity index (χ3v) is 9.88. The molecule has 0 bridgehead atoms. The summed E-state index contributed by atoms with van der Waals surface area (Å²) in [5.74, 6) is -0.278. The van der Waals surface area contributed by atoms with Crippen molar-refractivity contribution >= 4 is 49.1 Å². The number of amides is 2. The van der Waals surface area contributed by atoms with Crippen molar-refractivity contribution in [3.05, 3.63) is 96.4 Å². The molecule has 0 aliphatic carbocycles. The van der Waals surface area contributed by atoms with Gasteiger partial charge in [0.25, 0.3) is 5.91 Å². The van der Waals surface area contributed by atoms with Crippen LogP contribution in [0.2, 0.25) is 0 Å². The zero-order valence-electron chi connectivity index (χ0n) is 22.2. The highest BCUT2D eigenvalue weighted by atomic mass is 32.2. The van der Waals surface area contributed by atoms with Crippen LogP contribution in [0.4, 0.5) is 5.69 Å². The van der Waals surface area contributed by atoms with Crippen LogP contribution in [0.15, 0.2) is 94.4 Å². The van der Waals surface area contributed by atoms with Crippen LogP contribution in [0.25, 0.3) is 20.8 Å². The Balaban J connectivity index is 1.30. The van der Waals surface area contributed by atoms with Gasteiger partial charge in [-0.1, -0.05) is 6.07 Å². The summed E-state index contributed by atoms with van der Waals surface area (Å²) in [6, 6.07) is 20.9. The van der Waals surface area contributed by atoms with Gasteiger partial charge in [-0.2, -0.15) is 4.31 Å². The molecule has 1 atom stereocenters. The molecule has 11 heteroatoms. The number of aromatic nitrogens is 1. The number of nitrogens with zero attached hydrogens (tertiary/aromatic N) is 3. The lowest BCUT2D eigenvalue weighted by atomic mass is 10.2. The number of rotatable bonds is 8. The van der Waals surface area contributed by atoms with E-state index >= 15 is 0 Å². The molecule has 0 radical (unpaired) electrons. The van der Waals surface area contributed by atoms with Gasteiger partial charge >= 0.3 is 0 Å². The molecule has 2 amide bonds. The second-order valence-corrected chi connectivity index (χ2v) is 12.6. The summed E-state index contributed by atoms with van der Waals surface area (Å²) >= 11 is 1.56. The highest BCUT2D eigenvalue weighted by Gasteiger charge is 2.47. The van der Waals surface area contributed by atoms with E-state index in [9.17, 15) is 18.0 Å². The molecule has 3 aromatic carbocycles. The lowest BCUT2D eigenvalue weighted by Gasteiger charge is -2.26. The normalized spacial score (nSPS) is 15.8. The van der Waals surface area contributed by atoms with Crippen LogP contribution in [-0.4, -0.2) is 42.7 Å². The number of carbonyl (C=O) groups is 2. The van der Waals surface area contributed by atoms with E-state index in [0.29, 0.717) is 17.2 Å². The van der Waals surface area contributed by atoms with Crippen molar-refractivity contribution in [3.63, 3.8) is 0 Å². The highest BCUT2D eigenvalue weighted by Crippen LogP contribution is 2.34. The second-order valence-electron chi connectivity index (χ2n) is 9.63. The molecule has 1 fully saturated rings. The van der Waals surface area contributed by atoms with E-state index < -0.39 is 27.9 Å². The Kier molecular flexibility index (Phi) is 6.94. The molecular formula is C30H25N3O6S2. The van der Waals surface area contributed by atoms with Gasteiger partial charge in [0.05, 0.1) is 47.1 Å². The van der Waals surface area contributed by atoms with Crippen molar-refractivity contribution < 1.29 is 27.2 Å². The number of thiazole rings is 1. The molecule has 1 aliphatic rings. The van der Waals surface area contributed by atoms with Crippen LogP contribution >= 0.6 is 11.3 Å². The maximum Gasteiger partial charge on any atom is 0.252 e. The van der Waals surface area contributed by atoms with E-state index in [2.05, 4.69) is 6.07 Å². The highest BCUT2D eigenvalue weighted by molar-refractivity contribution is 7.89. The fourth-order valence-electron chi connectivity index (χ4n) is 4.82. The van der Waals surface area contributed by atoms with E-state index in [1.165, 1.54) is 37.6 Å². The SMILES string of the molecule is COc1ccc(S(=O)(=O)N(Cc2ccco2)C2CC(=O)N(c3ccc(-c4nc5ccc(C)cc5s4)cc3)C2=O)cc1. The largest absolute Gasteiger partial charge is 0.497 e. The third kappa shape index (κ3) is 5.03. The lowest BCUT2D eigenvalue weighted by Crippen LogP contribution is -2.45. The molecule has 0 saturated carbocycles. The Morgan fingerprint density at radius 1 is 1.05 bits per heavy atom. The van der Waals surface area contributed by atoms with Gasteiger partial charge < -0.3 is 9.15 Å². The zero-order valence-corrected chi connectivity index (χ0v) is 23.8. The van der Waals surface area contributed by atoms with E-state index in [4.69, 9.17) is 14.1 Å². The number of fused-ring (bicyclic) bond motifs is 1. The molecule has 1 saturated heterocycles. The lowest BCUT2D eigenvalue weighted by molar-refractivity contribution is -0.122. The van der Waals surface area contributed by atoms with Gasteiger partial charge in [0.15, 0.2) is 0 Å².